The van der Waals surface area contributed by atoms with Crippen LogP contribution in [0.4, 0.5) is 0 Å². The zero-order valence-electron chi connectivity index (χ0n) is 13.0. The first kappa shape index (κ1) is 16.1. The molecule has 3 aromatic rings. The Kier molecular flexibility index (Phi) is 4.53. The van der Waals surface area contributed by atoms with Crippen LogP contribution >= 0.6 is 11.6 Å². The van der Waals surface area contributed by atoms with E-state index in [1.807, 2.05) is 24.3 Å². The number of hydrogen-bond donors (Lipinski definition) is 1. The molecular weight excluding hydrogens is 328 g/mol. The number of amides is 1. The lowest BCUT2D eigenvalue weighted by molar-refractivity contribution is 0.0931. The molecule has 0 fully saturated rings. The van der Waals surface area contributed by atoms with Gasteiger partial charge in [-0.15, -0.1) is 0 Å². The highest BCUT2D eigenvalue weighted by atomic mass is 35.5. The third-order valence-electron chi connectivity index (χ3n) is 3.65. The van der Waals surface area contributed by atoms with E-state index in [9.17, 15) is 9.59 Å². The average molecular weight is 343 g/mol. The minimum absolute atomic E-state index is 0.179. The highest BCUT2D eigenvalue weighted by Crippen LogP contribution is 2.21. The number of carbonyl (C=O) groups excluding carboxylic acids is 1. The average Bonchev–Trinajstić information content (AvgIpc) is 2.89. The van der Waals surface area contributed by atoms with Crippen molar-refractivity contribution in [2.45, 2.75) is 6.54 Å². The monoisotopic (exact) mass is 342 g/mol. The van der Waals surface area contributed by atoms with Crippen molar-refractivity contribution in [1.82, 2.24) is 10.1 Å². The molecule has 24 heavy (non-hydrogen) atoms. The molecule has 1 amide bonds. The molecule has 0 atom stereocenters. The number of benzene rings is 2. The quantitative estimate of drug-likeness (QED) is 0.791. The lowest BCUT2D eigenvalue weighted by Gasteiger charge is -2.08. The predicted molar refractivity (Wildman–Crippen MR) is 92.0 cm³/mol. The molecule has 0 spiro atoms. The van der Waals surface area contributed by atoms with E-state index < -0.39 is 11.5 Å². The van der Waals surface area contributed by atoms with Gasteiger partial charge in [0.25, 0.3) is 5.91 Å². The van der Waals surface area contributed by atoms with Gasteiger partial charge < -0.3 is 9.84 Å². The minimum atomic E-state index is -0.549. The Morgan fingerprint density at radius 2 is 1.79 bits per heavy atom. The van der Waals surface area contributed by atoms with Crippen molar-refractivity contribution in [3.05, 3.63) is 81.3 Å². The second-order valence-electron chi connectivity index (χ2n) is 5.24. The Balaban J connectivity index is 1.91. The molecule has 5 nitrogen and oxygen atoms in total. The SMILES string of the molecule is Cn1oc(=O)c(-c2ccccc2)c1C(=O)NCc1ccccc1Cl. The van der Waals surface area contributed by atoms with Gasteiger partial charge in [0.15, 0.2) is 5.69 Å². The molecule has 0 radical (unpaired) electrons. The summed E-state index contributed by atoms with van der Waals surface area (Å²) in [5.74, 6) is -0.401. The first-order valence-electron chi connectivity index (χ1n) is 7.35. The highest BCUT2D eigenvalue weighted by molar-refractivity contribution is 6.31. The number of aromatic nitrogens is 1. The number of carbonyl (C=O) groups is 1. The van der Waals surface area contributed by atoms with Crippen molar-refractivity contribution >= 4 is 17.5 Å². The minimum Gasteiger partial charge on any atom is -0.347 e. The van der Waals surface area contributed by atoms with Crippen LogP contribution < -0.4 is 10.9 Å². The van der Waals surface area contributed by atoms with Crippen molar-refractivity contribution < 1.29 is 9.32 Å². The van der Waals surface area contributed by atoms with E-state index in [0.29, 0.717) is 10.6 Å². The number of rotatable bonds is 4. The van der Waals surface area contributed by atoms with Crippen molar-refractivity contribution in [3.63, 3.8) is 0 Å². The Bertz CT molecular complexity index is 929. The highest BCUT2D eigenvalue weighted by Gasteiger charge is 2.23. The summed E-state index contributed by atoms with van der Waals surface area (Å²) in [5.41, 5.74) is 1.30. The van der Waals surface area contributed by atoms with Crippen molar-refractivity contribution in [2.24, 2.45) is 7.05 Å². The van der Waals surface area contributed by atoms with Gasteiger partial charge in [0.05, 0.1) is 0 Å². The van der Waals surface area contributed by atoms with E-state index in [4.69, 9.17) is 16.1 Å². The van der Waals surface area contributed by atoms with Crippen LogP contribution in [0.3, 0.4) is 0 Å². The topological polar surface area (TPSA) is 64.2 Å². The molecule has 0 aliphatic heterocycles. The molecule has 6 heteroatoms. The molecule has 0 saturated carbocycles. The Morgan fingerprint density at radius 3 is 2.50 bits per heavy atom. The number of halogens is 1. The summed E-state index contributed by atoms with van der Waals surface area (Å²) in [6, 6.07) is 16.2. The normalized spacial score (nSPS) is 10.6. The first-order chi connectivity index (χ1) is 11.6. The van der Waals surface area contributed by atoms with Crippen LogP contribution in [0, 0.1) is 0 Å². The molecule has 122 valence electrons. The van der Waals surface area contributed by atoms with Crippen molar-refractivity contribution in [1.29, 1.82) is 0 Å². The first-order valence-corrected chi connectivity index (χ1v) is 7.73. The molecule has 1 heterocycles. The van der Waals surface area contributed by atoms with Crippen molar-refractivity contribution in [2.75, 3.05) is 0 Å². The van der Waals surface area contributed by atoms with Gasteiger partial charge in [0.2, 0.25) is 0 Å². The zero-order valence-corrected chi connectivity index (χ0v) is 13.7. The number of nitrogens with zero attached hydrogens (tertiary/aromatic N) is 1. The molecule has 0 saturated heterocycles. The molecule has 0 aliphatic carbocycles. The molecule has 0 unspecified atom stereocenters. The molecule has 3 rings (SSSR count). The van der Waals surface area contributed by atoms with Gasteiger partial charge in [-0.25, -0.2) is 9.53 Å². The number of aryl methyl sites for hydroxylation is 1. The number of hydrogen-bond acceptors (Lipinski definition) is 3. The number of nitrogens with one attached hydrogen (secondary N) is 1. The summed E-state index contributed by atoms with van der Waals surface area (Å²) in [6.45, 7) is 0.256. The maximum absolute atomic E-state index is 12.6. The summed E-state index contributed by atoms with van der Waals surface area (Å²) >= 11 is 6.09. The fourth-order valence-corrected chi connectivity index (χ4v) is 2.69. The van der Waals surface area contributed by atoms with Crippen LogP contribution in [0.5, 0.6) is 0 Å². The molecular formula is C18H15ClN2O3. The van der Waals surface area contributed by atoms with E-state index in [1.54, 1.807) is 30.3 Å². The fourth-order valence-electron chi connectivity index (χ4n) is 2.49. The lowest BCUT2D eigenvalue weighted by atomic mass is 10.1. The Hall–Kier alpha value is -2.79. The lowest BCUT2D eigenvalue weighted by Crippen LogP contribution is -2.25. The van der Waals surface area contributed by atoms with E-state index >= 15 is 0 Å². The van der Waals surface area contributed by atoms with Gasteiger partial charge in [-0.2, -0.15) is 0 Å². The maximum Gasteiger partial charge on any atom is 0.366 e. The molecule has 0 bridgehead atoms. The van der Waals surface area contributed by atoms with Gasteiger partial charge in [-0.1, -0.05) is 60.1 Å². The fraction of sp³-hybridized carbons (Fsp3) is 0.111. The van der Waals surface area contributed by atoms with Crippen LogP contribution in [-0.4, -0.2) is 10.6 Å². The second kappa shape index (κ2) is 6.76. The Morgan fingerprint density at radius 1 is 1.12 bits per heavy atom. The summed E-state index contributed by atoms with van der Waals surface area (Å²) in [7, 11) is 1.53. The van der Waals surface area contributed by atoms with Crippen LogP contribution in [0.2, 0.25) is 5.02 Å². The maximum atomic E-state index is 12.6. The second-order valence-corrected chi connectivity index (χ2v) is 5.65. The predicted octanol–water partition coefficient (Wildman–Crippen LogP) is 3.23. The molecule has 0 aliphatic rings. The van der Waals surface area contributed by atoms with Crippen LogP contribution in [0.1, 0.15) is 16.1 Å². The summed E-state index contributed by atoms with van der Waals surface area (Å²) < 4.78 is 6.26. The van der Waals surface area contributed by atoms with E-state index in [2.05, 4.69) is 5.32 Å². The van der Waals surface area contributed by atoms with Crippen LogP contribution in [0.15, 0.2) is 63.9 Å². The third-order valence-corrected chi connectivity index (χ3v) is 4.02. The summed E-state index contributed by atoms with van der Waals surface area (Å²) in [4.78, 5) is 24.7. The van der Waals surface area contributed by atoms with Gasteiger partial charge in [-0.3, -0.25) is 4.79 Å². The largest absolute Gasteiger partial charge is 0.366 e. The Labute approximate surface area is 143 Å². The van der Waals surface area contributed by atoms with Gasteiger partial charge in [0, 0.05) is 18.6 Å². The standard InChI is InChI=1S/C18H15ClN2O3/c1-21-16(15(18(23)24-21)12-7-3-2-4-8-12)17(22)20-11-13-9-5-6-10-14(13)19/h2-10H,11H2,1H3,(H,20,22). The van der Waals surface area contributed by atoms with Crippen molar-refractivity contribution in [3.8, 4) is 11.1 Å². The van der Waals surface area contributed by atoms with E-state index in [-0.39, 0.29) is 17.8 Å². The zero-order chi connectivity index (χ0) is 17.1. The van der Waals surface area contributed by atoms with Gasteiger partial charge >= 0.3 is 5.63 Å². The van der Waals surface area contributed by atoms with Gasteiger partial charge in [0.1, 0.15) is 5.56 Å². The molecule has 1 aromatic heterocycles. The van der Waals surface area contributed by atoms with Gasteiger partial charge in [-0.05, 0) is 17.2 Å². The van der Waals surface area contributed by atoms with Crippen LogP contribution in [0.25, 0.3) is 11.1 Å². The summed E-state index contributed by atoms with van der Waals surface area (Å²) in [6.07, 6.45) is 0. The van der Waals surface area contributed by atoms with E-state index in [1.165, 1.54) is 11.8 Å². The molecule has 2 aromatic carbocycles. The smallest absolute Gasteiger partial charge is 0.347 e. The third kappa shape index (κ3) is 3.12. The summed E-state index contributed by atoms with van der Waals surface area (Å²) in [5, 5.41) is 3.35. The van der Waals surface area contributed by atoms with Crippen LogP contribution in [-0.2, 0) is 13.6 Å². The molecule has 1 N–H and O–H groups in total. The van der Waals surface area contributed by atoms with E-state index in [0.717, 1.165) is 5.56 Å².